The molecule has 114 valence electrons. The molecule has 3 rings (SSSR count). The highest BCUT2D eigenvalue weighted by atomic mass is 16.2. The summed E-state index contributed by atoms with van der Waals surface area (Å²) in [5.41, 5.74) is 1.24. The summed E-state index contributed by atoms with van der Waals surface area (Å²) in [7, 11) is 2.14. The van der Waals surface area contributed by atoms with Crippen molar-refractivity contribution in [2.75, 3.05) is 33.2 Å². The zero-order chi connectivity index (χ0) is 14.7. The first-order valence-corrected chi connectivity index (χ1v) is 8.03. The molecule has 1 N–H and O–H groups in total. The van der Waals surface area contributed by atoms with Crippen molar-refractivity contribution in [3.63, 3.8) is 0 Å². The molecule has 0 aliphatic carbocycles. The van der Waals surface area contributed by atoms with Gasteiger partial charge < -0.3 is 15.1 Å². The maximum absolute atomic E-state index is 12.9. The Hall–Kier alpha value is -1.39. The van der Waals surface area contributed by atoms with Crippen LogP contribution in [0.15, 0.2) is 30.3 Å². The van der Waals surface area contributed by atoms with Crippen molar-refractivity contribution in [3.8, 4) is 0 Å². The molecule has 2 aliphatic heterocycles. The topological polar surface area (TPSA) is 35.6 Å². The molecule has 0 bridgehead atoms. The van der Waals surface area contributed by atoms with Gasteiger partial charge in [-0.05, 0) is 32.0 Å². The number of carbonyl (C=O) groups excluding carboxylic acids is 1. The molecule has 1 aromatic carbocycles. The van der Waals surface area contributed by atoms with Crippen LogP contribution in [0.5, 0.6) is 0 Å². The minimum atomic E-state index is 0.0216. The van der Waals surface area contributed by atoms with Crippen molar-refractivity contribution < 1.29 is 4.79 Å². The van der Waals surface area contributed by atoms with Crippen molar-refractivity contribution in [2.45, 2.75) is 31.3 Å². The van der Waals surface area contributed by atoms with Crippen molar-refractivity contribution in [2.24, 2.45) is 0 Å². The fourth-order valence-corrected chi connectivity index (χ4v) is 3.41. The lowest BCUT2D eigenvalue weighted by molar-refractivity contribution is -0.139. The predicted molar refractivity (Wildman–Crippen MR) is 84.0 cm³/mol. The van der Waals surface area contributed by atoms with Gasteiger partial charge in [-0.25, -0.2) is 0 Å². The summed E-state index contributed by atoms with van der Waals surface area (Å²) >= 11 is 0. The molecule has 2 aliphatic rings. The van der Waals surface area contributed by atoms with E-state index in [2.05, 4.69) is 46.4 Å². The number of likely N-dealkylation sites (N-methyl/N-ethyl adjacent to an activating group) is 1. The van der Waals surface area contributed by atoms with Gasteiger partial charge in [0, 0.05) is 19.6 Å². The molecule has 1 unspecified atom stereocenters. The van der Waals surface area contributed by atoms with E-state index < -0.39 is 0 Å². The molecule has 0 spiro atoms. The van der Waals surface area contributed by atoms with Gasteiger partial charge in [0.2, 0.25) is 5.91 Å². The minimum absolute atomic E-state index is 0.0216. The summed E-state index contributed by atoms with van der Waals surface area (Å²) in [6.45, 7) is 3.68. The molecule has 21 heavy (non-hydrogen) atoms. The number of piperidine rings is 1. The number of amides is 1. The van der Waals surface area contributed by atoms with E-state index >= 15 is 0 Å². The number of carbonyl (C=O) groups is 1. The maximum atomic E-state index is 12.9. The second-order valence-electron chi connectivity index (χ2n) is 6.22. The Labute approximate surface area is 127 Å². The van der Waals surface area contributed by atoms with Crippen LogP contribution in [-0.2, 0) is 4.79 Å². The predicted octanol–water partition coefficient (Wildman–Crippen LogP) is 1.64. The van der Waals surface area contributed by atoms with Crippen LogP contribution in [0, 0.1) is 0 Å². The van der Waals surface area contributed by atoms with Gasteiger partial charge in [0.25, 0.3) is 0 Å². The summed E-state index contributed by atoms with van der Waals surface area (Å²) in [5.74, 6) is 0.289. The number of hydrogen-bond donors (Lipinski definition) is 1. The number of nitrogens with one attached hydrogen (secondary N) is 1. The monoisotopic (exact) mass is 287 g/mol. The van der Waals surface area contributed by atoms with Gasteiger partial charge in [0.15, 0.2) is 0 Å². The number of nitrogens with zero attached hydrogens (tertiary/aromatic N) is 2. The fraction of sp³-hybridized carbons (Fsp3) is 0.588. The van der Waals surface area contributed by atoms with Crippen molar-refractivity contribution >= 4 is 5.91 Å². The smallest absolute Gasteiger partial charge is 0.240 e. The summed E-state index contributed by atoms with van der Waals surface area (Å²) in [6, 6.07) is 10.6. The average Bonchev–Trinajstić information content (AvgIpc) is 2.56. The van der Waals surface area contributed by atoms with E-state index in [0.717, 1.165) is 39.0 Å². The van der Waals surface area contributed by atoms with Gasteiger partial charge in [0.05, 0.1) is 12.1 Å². The first-order valence-electron chi connectivity index (χ1n) is 8.03. The van der Waals surface area contributed by atoms with E-state index in [9.17, 15) is 4.79 Å². The molecule has 2 heterocycles. The molecule has 2 saturated heterocycles. The average molecular weight is 287 g/mol. The largest absolute Gasteiger partial charge is 0.332 e. The maximum Gasteiger partial charge on any atom is 0.240 e. The Morgan fingerprint density at radius 2 is 2.00 bits per heavy atom. The summed E-state index contributed by atoms with van der Waals surface area (Å²) in [6.07, 6.45) is 3.33. The molecule has 2 atom stereocenters. The fourth-order valence-electron chi connectivity index (χ4n) is 3.41. The van der Waals surface area contributed by atoms with E-state index in [1.165, 1.54) is 12.0 Å². The zero-order valence-electron chi connectivity index (χ0n) is 12.8. The summed E-state index contributed by atoms with van der Waals surface area (Å²) < 4.78 is 0. The Balaban J connectivity index is 1.79. The highest BCUT2D eigenvalue weighted by Gasteiger charge is 2.34. The molecule has 0 aromatic heterocycles. The van der Waals surface area contributed by atoms with Gasteiger partial charge in [0.1, 0.15) is 0 Å². The van der Waals surface area contributed by atoms with Crippen LogP contribution >= 0.6 is 0 Å². The van der Waals surface area contributed by atoms with Gasteiger partial charge >= 0.3 is 0 Å². The van der Waals surface area contributed by atoms with Crippen LogP contribution < -0.4 is 5.32 Å². The van der Waals surface area contributed by atoms with Crippen molar-refractivity contribution in [1.29, 1.82) is 0 Å². The summed E-state index contributed by atoms with van der Waals surface area (Å²) in [4.78, 5) is 17.3. The van der Waals surface area contributed by atoms with Crippen molar-refractivity contribution in [3.05, 3.63) is 35.9 Å². The SMILES string of the molecule is CN1CCN(C(=O)[C@H]2CCCCN2)C(c2ccccc2)C1. The van der Waals surface area contributed by atoms with Crippen molar-refractivity contribution in [1.82, 2.24) is 15.1 Å². The molecular weight excluding hydrogens is 262 g/mol. The molecule has 4 heteroatoms. The van der Waals surface area contributed by atoms with Gasteiger partial charge in [-0.2, -0.15) is 0 Å². The first kappa shape index (κ1) is 14.5. The second kappa shape index (κ2) is 6.58. The Morgan fingerprint density at radius 1 is 1.19 bits per heavy atom. The van der Waals surface area contributed by atoms with E-state index in [-0.39, 0.29) is 18.0 Å². The lowest BCUT2D eigenvalue weighted by Gasteiger charge is -2.42. The van der Waals surface area contributed by atoms with Crippen LogP contribution in [0.25, 0.3) is 0 Å². The van der Waals surface area contributed by atoms with E-state index in [1.807, 2.05) is 6.07 Å². The van der Waals surface area contributed by atoms with Gasteiger partial charge in [-0.15, -0.1) is 0 Å². The standard InChI is InChI=1S/C17H25N3O/c1-19-11-12-20(17(21)15-9-5-6-10-18-15)16(13-19)14-7-3-2-4-8-14/h2-4,7-8,15-16,18H,5-6,9-13H2,1H3/t15-,16?/m1/s1. The zero-order valence-corrected chi connectivity index (χ0v) is 12.8. The van der Waals surface area contributed by atoms with Crippen LogP contribution in [0.4, 0.5) is 0 Å². The third-order valence-electron chi connectivity index (χ3n) is 4.66. The Morgan fingerprint density at radius 3 is 2.71 bits per heavy atom. The molecule has 1 aromatic rings. The quantitative estimate of drug-likeness (QED) is 0.898. The van der Waals surface area contributed by atoms with Crippen LogP contribution in [0.1, 0.15) is 30.9 Å². The third-order valence-corrected chi connectivity index (χ3v) is 4.66. The normalized spacial score (nSPS) is 27.6. The number of benzene rings is 1. The molecular formula is C17H25N3O. The highest BCUT2D eigenvalue weighted by molar-refractivity contribution is 5.82. The number of rotatable bonds is 2. The molecule has 2 fully saturated rings. The lowest BCUT2D eigenvalue weighted by atomic mass is 9.98. The molecule has 4 nitrogen and oxygen atoms in total. The third kappa shape index (κ3) is 3.27. The number of piperazine rings is 1. The minimum Gasteiger partial charge on any atom is -0.332 e. The van der Waals surface area contributed by atoms with Crippen LogP contribution in [0.3, 0.4) is 0 Å². The van der Waals surface area contributed by atoms with E-state index in [4.69, 9.17) is 0 Å². The highest BCUT2D eigenvalue weighted by Crippen LogP contribution is 2.26. The second-order valence-corrected chi connectivity index (χ2v) is 6.22. The van der Waals surface area contributed by atoms with E-state index in [1.54, 1.807) is 0 Å². The lowest BCUT2D eigenvalue weighted by Crippen LogP contribution is -2.55. The first-order chi connectivity index (χ1) is 10.3. The molecule has 1 amide bonds. The molecule has 0 saturated carbocycles. The number of hydrogen-bond acceptors (Lipinski definition) is 3. The van der Waals surface area contributed by atoms with Gasteiger partial charge in [-0.3, -0.25) is 4.79 Å². The Kier molecular flexibility index (Phi) is 4.56. The summed E-state index contributed by atoms with van der Waals surface area (Å²) in [5, 5.41) is 3.39. The van der Waals surface area contributed by atoms with E-state index in [0.29, 0.717) is 0 Å². The van der Waals surface area contributed by atoms with Crippen LogP contribution in [-0.4, -0.2) is 55.0 Å². The van der Waals surface area contributed by atoms with Gasteiger partial charge in [-0.1, -0.05) is 36.8 Å². The molecule has 0 radical (unpaired) electrons. The Bertz CT molecular complexity index is 470. The van der Waals surface area contributed by atoms with Crippen LogP contribution in [0.2, 0.25) is 0 Å².